The molecule has 0 radical (unpaired) electrons. The summed E-state index contributed by atoms with van der Waals surface area (Å²) in [6, 6.07) is 16.2. The lowest BCUT2D eigenvalue weighted by Gasteiger charge is -2.11. The van der Waals surface area contributed by atoms with Gasteiger partial charge in [-0.1, -0.05) is 55.3 Å². The molecule has 31 heavy (non-hydrogen) atoms. The van der Waals surface area contributed by atoms with Crippen LogP contribution in [-0.2, 0) is 19.5 Å². The van der Waals surface area contributed by atoms with Crippen molar-refractivity contribution in [1.29, 1.82) is 0 Å². The van der Waals surface area contributed by atoms with E-state index in [2.05, 4.69) is 57.6 Å². The molecule has 0 aliphatic rings. The lowest BCUT2D eigenvalue weighted by atomic mass is 9.97. The van der Waals surface area contributed by atoms with Gasteiger partial charge in [-0.2, -0.15) is 5.21 Å². The van der Waals surface area contributed by atoms with E-state index in [1.165, 1.54) is 0 Å². The second-order valence-electron chi connectivity index (χ2n) is 7.27. The van der Waals surface area contributed by atoms with E-state index in [0.717, 1.165) is 34.4 Å². The van der Waals surface area contributed by atoms with E-state index in [1.54, 1.807) is 9.13 Å². The summed E-state index contributed by atoms with van der Waals surface area (Å²) in [6.07, 6.45) is 3.37. The van der Waals surface area contributed by atoms with Crippen molar-refractivity contribution in [3.8, 4) is 34.4 Å². The second-order valence-corrected chi connectivity index (χ2v) is 7.27. The highest BCUT2D eigenvalue weighted by Crippen LogP contribution is 2.31. The number of rotatable bonds is 7. The molecule has 0 spiro atoms. The maximum atomic E-state index is 13.0. The number of imidazole rings is 1. The molecule has 156 valence electrons. The molecule has 0 saturated carbocycles. The van der Waals surface area contributed by atoms with E-state index in [1.807, 2.05) is 43.5 Å². The van der Waals surface area contributed by atoms with E-state index in [0.29, 0.717) is 25.3 Å². The van der Waals surface area contributed by atoms with E-state index >= 15 is 0 Å². The number of tetrazole rings is 1. The molecule has 7 nitrogen and oxygen atoms in total. The zero-order chi connectivity index (χ0) is 21.6. The van der Waals surface area contributed by atoms with Gasteiger partial charge in [0, 0.05) is 18.3 Å². The van der Waals surface area contributed by atoms with Gasteiger partial charge in [0.05, 0.1) is 18.7 Å². The van der Waals surface area contributed by atoms with Crippen LogP contribution in [0.4, 0.5) is 0 Å². The molecule has 0 amide bonds. The lowest BCUT2D eigenvalue weighted by Crippen LogP contribution is -2.25. The second kappa shape index (κ2) is 9.26. The Morgan fingerprint density at radius 1 is 1.10 bits per heavy atom. The van der Waals surface area contributed by atoms with Gasteiger partial charge >= 0.3 is 5.69 Å². The molecule has 0 aliphatic heterocycles. The molecule has 0 aliphatic carbocycles. The van der Waals surface area contributed by atoms with Crippen LogP contribution in [0, 0.1) is 11.8 Å². The largest absolute Gasteiger partial charge is 0.328 e. The molecule has 2 aromatic heterocycles. The van der Waals surface area contributed by atoms with Gasteiger partial charge in [-0.05, 0) is 41.3 Å². The molecule has 2 aromatic carbocycles. The summed E-state index contributed by atoms with van der Waals surface area (Å²) >= 11 is 0. The SMILES string of the molecule is CC#CCc1cn(CCC)c(=O)n1Cc1ccc(-c2ccccc2)c(-c2nn[nH]n2)c1. The number of aromatic nitrogens is 6. The molecule has 0 unspecified atom stereocenters. The van der Waals surface area contributed by atoms with Crippen molar-refractivity contribution in [3.63, 3.8) is 0 Å². The van der Waals surface area contributed by atoms with Crippen molar-refractivity contribution >= 4 is 0 Å². The van der Waals surface area contributed by atoms with Crippen molar-refractivity contribution < 1.29 is 0 Å². The quantitative estimate of drug-likeness (QED) is 0.471. The van der Waals surface area contributed by atoms with Gasteiger partial charge in [0.25, 0.3) is 0 Å². The fraction of sp³-hybridized carbons (Fsp3) is 0.250. The average molecular weight is 412 g/mol. The molecular weight excluding hydrogens is 388 g/mol. The van der Waals surface area contributed by atoms with Crippen molar-refractivity contribution in [2.24, 2.45) is 0 Å². The molecule has 0 saturated heterocycles. The van der Waals surface area contributed by atoms with Crippen molar-refractivity contribution in [2.45, 2.75) is 39.8 Å². The Hall–Kier alpha value is -3.92. The Morgan fingerprint density at radius 2 is 1.94 bits per heavy atom. The summed E-state index contributed by atoms with van der Waals surface area (Å²) < 4.78 is 3.57. The normalized spacial score (nSPS) is 10.6. The standard InChI is InChI=1S/C24H24N6O/c1-3-5-11-20-17-29(14-4-2)24(31)30(20)16-18-12-13-21(19-9-7-6-8-10-19)22(15-18)23-25-27-28-26-23/h6-10,12-13,15,17H,4,11,14,16H2,1-2H3,(H,25,26,27,28). The first-order valence-corrected chi connectivity index (χ1v) is 10.3. The highest BCUT2D eigenvalue weighted by Gasteiger charge is 2.15. The van der Waals surface area contributed by atoms with Gasteiger partial charge in [0.1, 0.15) is 0 Å². The third-order valence-electron chi connectivity index (χ3n) is 5.13. The lowest BCUT2D eigenvalue weighted by molar-refractivity contribution is 0.621. The highest BCUT2D eigenvalue weighted by molar-refractivity contribution is 5.80. The fourth-order valence-corrected chi connectivity index (χ4v) is 3.68. The summed E-state index contributed by atoms with van der Waals surface area (Å²) in [5, 5.41) is 14.6. The number of hydrogen-bond donors (Lipinski definition) is 1. The topological polar surface area (TPSA) is 81.4 Å². The highest BCUT2D eigenvalue weighted by atomic mass is 16.1. The molecule has 0 atom stereocenters. The zero-order valence-electron chi connectivity index (χ0n) is 17.7. The van der Waals surface area contributed by atoms with Gasteiger partial charge in [-0.25, -0.2) is 4.79 Å². The van der Waals surface area contributed by atoms with E-state index < -0.39 is 0 Å². The summed E-state index contributed by atoms with van der Waals surface area (Å²) in [4.78, 5) is 13.0. The fourth-order valence-electron chi connectivity index (χ4n) is 3.68. The van der Waals surface area contributed by atoms with Crippen LogP contribution >= 0.6 is 0 Å². The maximum Gasteiger partial charge on any atom is 0.328 e. The number of nitrogens with one attached hydrogen (secondary N) is 1. The number of hydrogen-bond acceptors (Lipinski definition) is 4. The number of aromatic amines is 1. The molecule has 2 heterocycles. The van der Waals surface area contributed by atoms with Crippen LogP contribution in [0.25, 0.3) is 22.5 Å². The number of benzene rings is 2. The Kier molecular flexibility index (Phi) is 6.08. The minimum absolute atomic E-state index is 0.0111. The monoisotopic (exact) mass is 412 g/mol. The molecule has 1 N–H and O–H groups in total. The third kappa shape index (κ3) is 4.33. The Labute approximate surface area is 180 Å². The molecular formula is C24H24N6O. The molecule has 7 heteroatoms. The molecule has 0 fully saturated rings. The number of aryl methyl sites for hydroxylation is 1. The van der Waals surface area contributed by atoms with Gasteiger partial charge in [0.15, 0.2) is 0 Å². The van der Waals surface area contributed by atoms with Crippen molar-refractivity contribution in [3.05, 3.63) is 76.5 Å². The minimum Gasteiger partial charge on any atom is -0.299 e. The van der Waals surface area contributed by atoms with Crippen LogP contribution in [0.15, 0.2) is 59.5 Å². The first-order chi connectivity index (χ1) is 15.2. The number of H-pyrrole nitrogens is 1. The smallest absolute Gasteiger partial charge is 0.299 e. The molecule has 0 bridgehead atoms. The predicted octanol–water partition coefficient (Wildman–Crippen LogP) is 3.52. The summed E-state index contributed by atoms with van der Waals surface area (Å²) in [5.41, 5.74) is 4.84. The third-order valence-corrected chi connectivity index (χ3v) is 5.13. The van der Waals surface area contributed by atoms with Crippen LogP contribution in [0.5, 0.6) is 0 Å². The molecule has 4 rings (SSSR count). The maximum absolute atomic E-state index is 13.0. The van der Waals surface area contributed by atoms with Crippen molar-refractivity contribution in [1.82, 2.24) is 29.8 Å². The van der Waals surface area contributed by atoms with Crippen LogP contribution in [0.3, 0.4) is 0 Å². The predicted molar refractivity (Wildman–Crippen MR) is 120 cm³/mol. The first-order valence-electron chi connectivity index (χ1n) is 10.3. The number of nitrogens with zero attached hydrogens (tertiary/aromatic N) is 5. The van der Waals surface area contributed by atoms with Crippen LogP contribution in [0.2, 0.25) is 0 Å². The average Bonchev–Trinajstić information content (AvgIpc) is 3.43. The van der Waals surface area contributed by atoms with Crippen LogP contribution < -0.4 is 5.69 Å². The summed E-state index contributed by atoms with van der Waals surface area (Å²) in [7, 11) is 0. The Balaban J connectivity index is 1.77. The van der Waals surface area contributed by atoms with E-state index in [-0.39, 0.29) is 5.69 Å². The summed E-state index contributed by atoms with van der Waals surface area (Å²) in [5.74, 6) is 6.52. The minimum atomic E-state index is -0.0111. The van der Waals surface area contributed by atoms with E-state index in [9.17, 15) is 4.79 Å². The Morgan fingerprint density at radius 3 is 2.65 bits per heavy atom. The van der Waals surface area contributed by atoms with Gasteiger partial charge in [-0.15, -0.1) is 16.1 Å². The van der Waals surface area contributed by atoms with Crippen LogP contribution in [0.1, 0.15) is 31.5 Å². The van der Waals surface area contributed by atoms with Gasteiger partial charge in [-0.3, -0.25) is 9.13 Å². The first kappa shape index (κ1) is 20.4. The zero-order valence-corrected chi connectivity index (χ0v) is 17.7. The summed E-state index contributed by atoms with van der Waals surface area (Å²) in [6.45, 7) is 5.02. The van der Waals surface area contributed by atoms with Crippen LogP contribution in [-0.4, -0.2) is 29.8 Å². The van der Waals surface area contributed by atoms with Gasteiger partial charge in [0.2, 0.25) is 5.82 Å². The van der Waals surface area contributed by atoms with Gasteiger partial charge < -0.3 is 0 Å². The Bertz CT molecular complexity index is 1270. The van der Waals surface area contributed by atoms with E-state index in [4.69, 9.17) is 0 Å². The van der Waals surface area contributed by atoms with Crippen molar-refractivity contribution in [2.75, 3.05) is 0 Å². The molecule has 4 aromatic rings.